The standard InChI is InChI=1S/C23H17ClN6OS/c1-15-18(24)8-5-9-19(15)30-22(17-10-12-25-13-11-17)27-28-23(30)32-14-20-26-21(29-31-20)16-6-3-2-4-7-16/h2-13H,14H2,1H3. The lowest BCUT2D eigenvalue weighted by molar-refractivity contribution is 0.391. The molecule has 0 saturated heterocycles. The third kappa shape index (κ3) is 4.02. The molecule has 158 valence electrons. The van der Waals surface area contributed by atoms with Crippen molar-refractivity contribution in [2.75, 3.05) is 0 Å². The van der Waals surface area contributed by atoms with E-state index >= 15 is 0 Å². The van der Waals surface area contributed by atoms with Gasteiger partial charge >= 0.3 is 0 Å². The number of hydrogen-bond donors (Lipinski definition) is 0. The molecule has 32 heavy (non-hydrogen) atoms. The van der Waals surface area contributed by atoms with Gasteiger partial charge in [0.15, 0.2) is 11.0 Å². The van der Waals surface area contributed by atoms with E-state index in [1.807, 2.05) is 72.2 Å². The normalized spacial score (nSPS) is 11.1. The molecule has 0 unspecified atom stereocenters. The molecule has 3 heterocycles. The summed E-state index contributed by atoms with van der Waals surface area (Å²) in [5, 5.41) is 14.4. The molecule has 3 aromatic heterocycles. The van der Waals surface area contributed by atoms with Crippen LogP contribution in [0.1, 0.15) is 11.5 Å². The highest BCUT2D eigenvalue weighted by molar-refractivity contribution is 7.98. The first-order valence-corrected chi connectivity index (χ1v) is 11.2. The summed E-state index contributed by atoms with van der Waals surface area (Å²) in [4.78, 5) is 8.61. The van der Waals surface area contributed by atoms with Crippen LogP contribution in [0.15, 0.2) is 82.7 Å². The van der Waals surface area contributed by atoms with Crippen LogP contribution in [0.3, 0.4) is 0 Å². The summed E-state index contributed by atoms with van der Waals surface area (Å²) in [5.74, 6) is 2.23. The van der Waals surface area contributed by atoms with E-state index < -0.39 is 0 Å². The van der Waals surface area contributed by atoms with Gasteiger partial charge in [-0.3, -0.25) is 9.55 Å². The lowest BCUT2D eigenvalue weighted by Crippen LogP contribution is -2.02. The fraction of sp³-hybridized carbons (Fsp3) is 0.0870. The SMILES string of the molecule is Cc1c(Cl)cccc1-n1c(SCc2nc(-c3ccccc3)no2)nnc1-c1ccncc1. The first-order valence-electron chi connectivity index (χ1n) is 9.83. The lowest BCUT2D eigenvalue weighted by atomic mass is 10.2. The number of hydrogen-bond acceptors (Lipinski definition) is 7. The van der Waals surface area contributed by atoms with Gasteiger partial charge in [0.05, 0.1) is 11.4 Å². The number of rotatable bonds is 6. The van der Waals surface area contributed by atoms with Gasteiger partial charge in [-0.1, -0.05) is 64.9 Å². The number of aromatic nitrogens is 6. The monoisotopic (exact) mass is 460 g/mol. The Morgan fingerprint density at radius 1 is 0.938 bits per heavy atom. The van der Waals surface area contributed by atoms with Crippen LogP contribution < -0.4 is 0 Å². The van der Waals surface area contributed by atoms with Crippen LogP contribution in [0.5, 0.6) is 0 Å². The van der Waals surface area contributed by atoms with Crippen molar-refractivity contribution < 1.29 is 4.52 Å². The summed E-state index contributed by atoms with van der Waals surface area (Å²) in [5.41, 5.74) is 3.66. The van der Waals surface area contributed by atoms with Crippen molar-refractivity contribution in [3.8, 4) is 28.5 Å². The van der Waals surface area contributed by atoms with Gasteiger partial charge in [-0.15, -0.1) is 10.2 Å². The first kappa shape index (κ1) is 20.4. The molecule has 7 nitrogen and oxygen atoms in total. The highest BCUT2D eigenvalue weighted by atomic mass is 35.5. The molecule has 0 amide bonds. The maximum absolute atomic E-state index is 6.41. The fourth-order valence-electron chi connectivity index (χ4n) is 3.25. The summed E-state index contributed by atoms with van der Waals surface area (Å²) in [6, 6.07) is 19.3. The van der Waals surface area contributed by atoms with Gasteiger partial charge in [-0.25, -0.2) is 0 Å². The first-order chi connectivity index (χ1) is 15.7. The zero-order valence-electron chi connectivity index (χ0n) is 17.0. The van der Waals surface area contributed by atoms with Gasteiger partial charge in [0, 0.05) is 28.5 Å². The summed E-state index contributed by atoms with van der Waals surface area (Å²) >= 11 is 7.88. The van der Waals surface area contributed by atoms with E-state index in [1.165, 1.54) is 11.8 Å². The van der Waals surface area contributed by atoms with Crippen molar-refractivity contribution in [3.05, 3.63) is 89.5 Å². The van der Waals surface area contributed by atoms with Crippen molar-refractivity contribution >= 4 is 23.4 Å². The highest BCUT2D eigenvalue weighted by Crippen LogP contribution is 2.32. The van der Waals surface area contributed by atoms with Crippen molar-refractivity contribution in [2.45, 2.75) is 17.8 Å². The van der Waals surface area contributed by atoms with Gasteiger partial charge in [0.2, 0.25) is 11.7 Å². The molecule has 0 bridgehead atoms. The molecular formula is C23H17ClN6OS. The number of thioether (sulfide) groups is 1. The second kappa shape index (κ2) is 8.94. The number of nitrogens with zero attached hydrogens (tertiary/aromatic N) is 6. The number of pyridine rings is 1. The summed E-state index contributed by atoms with van der Waals surface area (Å²) in [7, 11) is 0. The van der Waals surface area contributed by atoms with Crippen LogP contribution in [-0.4, -0.2) is 29.9 Å². The second-order valence-corrected chi connectivity index (χ2v) is 8.28. The third-order valence-corrected chi connectivity index (χ3v) is 6.20. The van der Waals surface area contributed by atoms with Gasteiger partial charge in [-0.2, -0.15) is 4.98 Å². The quantitative estimate of drug-likeness (QED) is 0.303. The predicted molar refractivity (Wildman–Crippen MR) is 124 cm³/mol. The molecule has 5 rings (SSSR count). The molecule has 0 N–H and O–H groups in total. The average Bonchev–Trinajstić information content (AvgIpc) is 3.48. The van der Waals surface area contributed by atoms with Crippen molar-refractivity contribution in [3.63, 3.8) is 0 Å². The molecule has 0 spiro atoms. The number of halogens is 1. The van der Waals surface area contributed by atoms with E-state index in [0.717, 1.165) is 22.4 Å². The molecule has 0 fully saturated rings. The van der Waals surface area contributed by atoms with Crippen molar-refractivity contribution in [2.24, 2.45) is 0 Å². The molecule has 0 saturated carbocycles. The van der Waals surface area contributed by atoms with E-state index in [0.29, 0.717) is 33.5 Å². The summed E-state index contributed by atoms with van der Waals surface area (Å²) in [6.07, 6.45) is 3.46. The summed E-state index contributed by atoms with van der Waals surface area (Å²) in [6.45, 7) is 1.98. The van der Waals surface area contributed by atoms with E-state index in [1.54, 1.807) is 12.4 Å². The Hall–Kier alpha value is -3.49. The minimum Gasteiger partial charge on any atom is -0.338 e. The van der Waals surface area contributed by atoms with Gasteiger partial charge in [-0.05, 0) is 36.8 Å². The van der Waals surface area contributed by atoms with E-state index in [4.69, 9.17) is 16.1 Å². The molecule has 2 aromatic carbocycles. The molecule has 0 atom stereocenters. The Kier molecular flexibility index (Phi) is 5.70. The molecule has 5 aromatic rings. The van der Waals surface area contributed by atoms with E-state index in [-0.39, 0.29) is 0 Å². The smallest absolute Gasteiger partial charge is 0.237 e. The molecule has 0 radical (unpaired) electrons. The van der Waals surface area contributed by atoms with Gasteiger partial charge in [0.1, 0.15) is 0 Å². The molecule has 9 heteroatoms. The molecule has 0 aliphatic heterocycles. The Morgan fingerprint density at radius 3 is 2.56 bits per heavy atom. The predicted octanol–water partition coefficient (Wildman–Crippen LogP) is 5.63. The van der Waals surface area contributed by atoms with Crippen LogP contribution in [0.4, 0.5) is 0 Å². The fourth-order valence-corrected chi connectivity index (χ4v) is 4.20. The Labute approximate surface area is 193 Å². The maximum Gasteiger partial charge on any atom is 0.237 e. The van der Waals surface area contributed by atoms with E-state index in [2.05, 4.69) is 25.3 Å². The highest BCUT2D eigenvalue weighted by Gasteiger charge is 2.19. The van der Waals surface area contributed by atoms with Crippen LogP contribution in [0.2, 0.25) is 5.02 Å². The summed E-state index contributed by atoms with van der Waals surface area (Å²) < 4.78 is 7.45. The third-order valence-electron chi connectivity index (χ3n) is 4.88. The molecule has 0 aliphatic carbocycles. The van der Waals surface area contributed by atoms with Crippen LogP contribution in [0.25, 0.3) is 28.5 Å². The van der Waals surface area contributed by atoms with Crippen LogP contribution in [-0.2, 0) is 5.75 Å². The maximum atomic E-state index is 6.41. The minimum atomic E-state index is 0.452. The lowest BCUT2D eigenvalue weighted by Gasteiger charge is -2.13. The number of benzene rings is 2. The second-order valence-electron chi connectivity index (χ2n) is 6.93. The molecule has 0 aliphatic rings. The van der Waals surface area contributed by atoms with Gasteiger partial charge in [0.25, 0.3) is 0 Å². The van der Waals surface area contributed by atoms with Crippen LogP contribution >= 0.6 is 23.4 Å². The molecular weight excluding hydrogens is 444 g/mol. The average molecular weight is 461 g/mol. The zero-order chi connectivity index (χ0) is 21.9. The Bertz CT molecular complexity index is 1350. The Balaban J connectivity index is 1.49. The van der Waals surface area contributed by atoms with Crippen LogP contribution in [0, 0.1) is 6.92 Å². The minimum absolute atomic E-state index is 0.452. The van der Waals surface area contributed by atoms with E-state index in [9.17, 15) is 0 Å². The Morgan fingerprint density at radius 2 is 1.75 bits per heavy atom. The van der Waals surface area contributed by atoms with Crippen molar-refractivity contribution in [1.29, 1.82) is 0 Å². The largest absolute Gasteiger partial charge is 0.338 e. The topological polar surface area (TPSA) is 82.5 Å². The van der Waals surface area contributed by atoms with Crippen molar-refractivity contribution in [1.82, 2.24) is 29.9 Å². The zero-order valence-corrected chi connectivity index (χ0v) is 18.6. The van der Waals surface area contributed by atoms with Gasteiger partial charge < -0.3 is 4.52 Å².